The van der Waals surface area contributed by atoms with Crippen LogP contribution >= 0.6 is 0 Å². The van der Waals surface area contributed by atoms with E-state index in [2.05, 4.69) is 4.98 Å². The van der Waals surface area contributed by atoms with Crippen molar-refractivity contribution >= 4 is 20.7 Å². The molecule has 0 bridgehead atoms. The largest absolute Gasteiger partial charge is 0.494 e. The van der Waals surface area contributed by atoms with Gasteiger partial charge in [0.15, 0.2) is 9.84 Å². The molecule has 0 atom stereocenters. The monoisotopic (exact) mass is 344 g/mol. The molecule has 0 fully saturated rings. The first-order valence-electron chi connectivity index (χ1n) is 7.33. The number of aryl methyl sites for hydroxylation is 1. The average Bonchev–Trinajstić information content (AvgIpc) is 2.61. The van der Waals surface area contributed by atoms with Crippen LogP contribution in [0.2, 0.25) is 0 Å². The molecule has 0 aliphatic carbocycles. The third-order valence-corrected chi connectivity index (χ3v) is 5.45. The van der Waals surface area contributed by atoms with Gasteiger partial charge in [-0.1, -0.05) is 24.3 Å². The van der Waals surface area contributed by atoms with Crippen molar-refractivity contribution in [1.29, 1.82) is 0 Å². The van der Waals surface area contributed by atoms with Crippen LogP contribution in [0.15, 0.2) is 64.5 Å². The minimum absolute atomic E-state index is 0.0379. The van der Waals surface area contributed by atoms with E-state index < -0.39 is 9.84 Å². The zero-order valence-corrected chi connectivity index (χ0v) is 13.9. The van der Waals surface area contributed by atoms with Gasteiger partial charge >= 0.3 is 0 Å². The van der Waals surface area contributed by atoms with Gasteiger partial charge < -0.3 is 4.74 Å². The van der Waals surface area contributed by atoms with E-state index in [4.69, 9.17) is 4.74 Å². The van der Waals surface area contributed by atoms with E-state index in [1.165, 1.54) is 18.0 Å². The van der Waals surface area contributed by atoms with Crippen molar-refractivity contribution in [2.45, 2.75) is 11.4 Å². The lowest BCUT2D eigenvalue weighted by molar-refractivity contribution is 0.418. The fraction of sp³-hybridized carbons (Fsp3) is 0.176. The lowest BCUT2D eigenvalue weighted by Gasteiger charge is -2.09. The summed E-state index contributed by atoms with van der Waals surface area (Å²) in [5, 5.41) is 0.397. The quantitative estimate of drug-likeness (QED) is 0.706. The number of methoxy groups -OCH3 is 1. The first-order chi connectivity index (χ1) is 11.5. The van der Waals surface area contributed by atoms with Gasteiger partial charge in [-0.25, -0.2) is 13.4 Å². The molecule has 6 nitrogen and oxygen atoms in total. The Kier molecular flexibility index (Phi) is 4.35. The maximum atomic E-state index is 12.5. The number of hydrogen-bond donors (Lipinski definition) is 0. The van der Waals surface area contributed by atoms with Gasteiger partial charge in [-0.3, -0.25) is 9.36 Å². The fourth-order valence-corrected chi connectivity index (χ4v) is 3.70. The highest BCUT2D eigenvalue weighted by Crippen LogP contribution is 2.20. The minimum Gasteiger partial charge on any atom is -0.494 e. The second-order valence-electron chi connectivity index (χ2n) is 5.23. The normalized spacial score (nSPS) is 11.5. The Labute approximate surface area is 139 Å². The van der Waals surface area contributed by atoms with Crippen molar-refractivity contribution in [1.82, 2.24) is 9.55 Å². The molecule has 0 radical (unpaired) electrons. The van der Waals surface area contributed by atoms with Gasteiger partial charge in [0.1, 0.15) is 11.3 Å². The molecular formula is C17H16N2O4S. The number of nitrogens with zero attached hydrogens (tertiary/aromatic N) is 2. The Morgan fingerprint density at radius 1 is 1.08 bits per heavy atom. The van der Waals surface area contributed by atoms with Crippen LogP contribution in [-0.2, 0) is 16.4 Å². The summed E-state index contributed by atoms with van der Waals surface area (Å²) >= 11 is 0. The Bertz CT molecular complexity index is 1030. The molecule has 7 heteroatoms. The molecule has 1 heterocycles. The van der Waals surface area contributed by atoms with E-state index >= 15 is 0 Å². The molecule has 0 saturated carbocycles. The Morgan fingerprint density at radius 2 is 1.83 bits per heavy atom. The molecule has 1 aromatic heterocycles. The van der Waals surface area contributed by atoms with Gasteiger partial charge in [-0.05, 0) is 24.3 Å². The zero-order valence-electron chi connectivity index (χ0n) is 13.0. The second kappa shape index (κ2) is 6.45. The third-order valence-electron chi connectivity index (χ3n) is 3.74. The summed E-state index contributed by atoms with van der Waals surface area (Å²) in [5.41, 5.74) is 0.175. The molecule has 0 aliphatic heterocycles. The molecule has 0 unspecified atom stereocenters. The SMILES string of the molecule is COc1cccc2c(=O)n(CCS(=O)(=O)c3ccccc3)cnc12. The molecular weight excluding hydrogens is 328 g/mol. The predicted octanol–water partition coefficient (Wildman–Crippen LogP) is 1.88. The highest BCUT2D eigenvalue weighted by Gasteiger charge is 2.15. The Balaban J connectivity index is 1.92. The molecule has 0 N–H and O–H groups in total. The highest BCUT2D eigenvalue weighted by atomic mass is 32.2. The number of rotatable bonds is 5. The van der Waals surface area contributed by atoms with Gasteiger partial charge in [0.25, 0.3) is 5.56 Å². The molecule has 0 aliphatic rings. The molecule has 24 heavy (non-hydrogen) atoms. The lowest BCUT2D eigenvalue weighted by Crippen LogP contribution is -2.24. The summed E-state index contributed by atoms with van der Waals surface area (Å²) < 4.78 is 31.1. The van der Waals surface area contributed by atoms with Crippen LogP contribution in [-0.4, -0.2) is 30.8 Å². The number of aromatic nitrogens is 2. The van der Waals surface area contributed by atoms with Gasteiger partial charge in [0, 0.05) is 6.54 Å². The highest BCUT2D eigenvalue weighted by molar-refractivity contribution is 7.91. The smallest absolute Gasteiger partial charge is 0.261 e. The fourth-order valence-electron chi connectivity index (χ4n) is 2.45. The number of sulfone groups is 1. The average molecular weight is 344 g/mol. The zero-order chi connectivity index (χ0) is 17.2. The van der Waals surface area contributed by atoms with Crippen LogP contribution in [0.1, 0.15) is 0 Å². The number of para-hydroxylation sites is 1. The summed E-state index contributed by atoms with van der Waals surface area (Å²) in [5.74, 6) is 0.335. The van der Waals surface area contributed by atoms with Crippen LogP contribution in [0.3, 0.4) is 0 Å². The topological polar surface area (TPSA) is 78.3 Å². The molecule has 3 rings (SSSR count). The Hall–Kier alpha value is -2.67. The molecule has 0 spiro atoms. The predicted molar refractivity (Wildman–Crippen MR) is 91.0 cm³/mol. The van der Waals surface area contributed by atoms with Gasteiger partial charge in [-0.15, -0.1) is 0 Å². The number of hydrogen-bond acceptors (Lipinski definition) is 5. The van der Waals surface area contributed by atoms with Crippen molar-refractivity contribution in [3.63, 3.8) is 0 Å². The van der Waals surface area contributed by atoms with Crippen LogP contribution in [0, 0.1) is 0 Å². The van der Waals surface area contributed by atoms with E-state index in [1.807, 2.05) is 0 Å². The molecule has 2 aromatic carbocycles. The molecule has 3 aromatic rings. The van der Waals surface area contributed by atoms with E-state index in [1.54, 1.807) is 48.5 Å². The van der Waals surface area contributed by atoms with Crippen LogP contribution in [0.5, 0.6) is 5.75 Å². The van der Waals surface area contributed by atoms with Gasteiger partial charge in [0.05, 0.1) is 29.5 Å². The maximum absolute atomic E-state index is 12.5. The van der Waals surface area contributed by atoms with E-state index in [9.17, 15) is 13.2 Å². The summed E-state index contributed by atoms with van der Waals surface area (Å²) in [6, 6.07) is 13.3. The van der Waals surface area contributed by atoms with Gasteiger partial charge in [0.2, 0.25) is 0 Å². The van der Waals surface area contributed by atoms with Crippen LogP contribution < -0.4 is 10.3 Å². The Morgan fingerprint density at radius 3 is 2.54 bits per heavy atom. The first-order valence-corrected chi connectivity index (χ1v) is 8.98. The molecule has 0 amide bonds. The minimum atomic E-state index is -3.45. The lowest BCUT2D eigenvalue weighted by atomic mass is 10.2. The van der Waals surface area contributed by atoms with Crippen molar-refractivity contribution in [3.8, 4) is 5.75 Å². The van der Waals surface area contributed by atoms with Crippen molar-refractivity contribution < 1.29 is 13.2 Å². The van der Waals surface area contributed by atoms with Crippen LogP contribution in [0.4, 0.5) is 0 Å². The number of ether oxygens (including phenoxy) is 1. The van der Waals surface area contributed by atoms with Gasteiger partial charge in [-0.2, -0.15) is 0 Å². The number of fused-ring (bicyclic) bond motifs is 1. The number of benzene rings is 2. The third kappa shape index (κ3) is 3.03. The van der Waals surface area contributed by atoms with Crippen molar-refractivity contribution in [2.75, 3.05) is 12.9 Å². The van der Waals surface area contributed by atoms with E-state index in [0.717, 1.165) is 0 Å². The molecule has 0 saturated heterocycles. The summed E-state index contributed by atoms with van der Waals surface area (Å²) in [6.45, 7) is 0.0379. The molecule has 124 valence electrons. The summed E-state index contributed by atoms with van der Waals surface area (Å²) in [7, 11) is -1.95. The van der Waals surface area contributed by atoms with Crippen molar-refractivity contribution in [2.24, 2.45) is 0 Å². The van der Waals surface area contributed by atoms with Crippen molar-refractivity contribution in [3.05, 3.63) is 65.2 Å². The summed E-state index contributed by atoms with van der Waals surface area (Å²) in [4.78, 5) is 17.0. The maximum Gasteiger partial charge on any atom is 0.261 e. The standard InChI is InChI=1S/C17H16N2O4S/c1-23-15-9-5-8-14-16(15)18-12-19(17(14)20)10-11-24(21,22)13-6-3-2-4-7-13/h2-9,12H,10-11H2,1H3. The summed E-state index contributed by atoms with van der Waals surface area (Å²) in [6.07, 6.45) is 1.35. The van der Waals surface area contributed by atoms with E-state index in [0.29, 0.717) is 16.7 Å². The van der Waals surface area contributed by atoms with Crippen LogP contribution in [0.25, 0.3) is 10.9 Å². The first kappa shape index (κ1) is 16.2. The second-order valence-corrected chi connectivity index (χ2v) is 7.34. The van der Waals surface area contributed by atoms with E-state index in [-0.39, 0.29) is 22.8 Å².